The third kappa shape index (κ3) is 2.35. The first-order valence-corrected chi connectivity index (χ1v) is 7.14. The second-order valence-electron chi connectivity index (χ2n) is 4.25. The minimum atomic E-state index is -0.289. The molecule has 0 unspecified atom stereocenters. The zero-order valence-corrected chi connectivity index (χ0v) is 11.8. The van der Waals surface area contributed by atoms with Gasteiger partial charge in [-0.2, -0.15) is 0 Å². The Hall–Kier alpha value is -1.46. The molecule has 19 heavy (non-hydrogen) atoms. The topological polar surface area (TPSA) is 30.7 Å². The number of hydrogen-bond acceptors (Lipinski definition) is 3. The Morgan fingerprint density at radius 1 is 1.42 bits per heavy atom. The van der Waals surface area contributed by atoms with Gasteiger partial charge in [-0.15, -0.1) is 22.9 Å². The summed E-state index contributed by atoms with van der Waals surface area (Å²) >= 11 is 7.56. The van der Waals surface area contributed by atoms with E-state index >= 15 is 0 Å². The standard InChI is InChI=1S/C13H11ClFN3S/c1-8-6-16-13(19-8)7-18-11-3-2-9(15)4-10(11)17-12(18)5-14/h2-4,6H,5,7H2,1H3. The maximum Gasteiger partial charge on any atom is 0.125 e. The summed E-state index contributed by atoms with van der Waals surface area (Å²) in [6.07, 6.45) is 1.85. The van der Waals surface area contributed by atoms with Gasteiger partial charge in [-0.3, -0.25) is 0 Å². The van der Waals surface area contributed by atoms with Crippen molar-refractivity contribution < 1.29 is 4.39 Å². The summed E-state index contributed by atoms with van der Waals surface area (Å²) < 4.78 is 15.2. The van der Waals surface area contributed by atoms with E-state index in [-0.39, 0.29) is 5.82 Å². The number of alkyl halides is 1. The Kier molecular flexibility index (Phi) is 3.24. The third-order valence-corrected chi connectivity index (χ3v) is 4.01. The van der Waals surface area contributed by atoms with Gasteiger partial charge in [-0.25, -0.2) is 14.4 Å². The Labute approximate surface area is 118 Å². The van der Waals surface area contributed by atoms with Crippen LogP contribution < -0.4 is 0 Å². The number of halogens is 2. The van der Waals surface area contributed by atoms with E-state index in [1.807, 2.05) is 17.7 Å². The summed E-state index contributed by atoms with van der Waals surface area (Å²) in [5, 5.41) is 0.993. The van der Waals surface area contributed by atoms with Gasteiger partial charge in [0.2, 0.25) is 0 Å². The molecule has 0 atom stereocenters. The van der Waals surface area contributed by atoms with Gasteiger partial charge in [0.1, 0.15) is 16.6 Å². The number of rotatable bonds is 3. The predicted octanol–water partition coefficient (Wildman–Crippen LogP) is 3.73. The fourth-order valence-corrected chi connectivity index (χ4v) is 3.02. The van der Waals surface area contributed by atoms with Crippen LogP contribution in [0.3, 0.4) is 0 Å². The smallest absolute Gasteiger partial charge is 0.125 e. The highest BCUT2D eigenvalue weighted by Crippen LogP contribution is 2.21. The van der Waals surface area contributed by atoms with Gasteiger partial charge in [0.05, 0.1) is 23.5 Å². The van der Waals surface area contributed by atoms with Gasteiger partial charge >= 0.3 is 0 Å². The van der Waals surface area contributed by atoms with Crippen molar-refractivity contribution in [3.8, 4) is 0 Å². The third-order valence-electron chi connectivity index (χ3n) is 2.87. The molecule has 98 valence electrons. The Morgan fingerprint density at radius 2 is 2.26 bits per heavy atom. The fourth-order valence-electron chi connectivity index (χ4n) is 2.04. The van der Waals surface area contributed by atoms with Crippen LogP contribution in [0.2, 0.25) is 0 Å². The predicted molar refractivity (Wildman–Crippen MR) is 75.2 cm³/mol. The number of benzene rings is 1. The van der Waals surface area contributed by atoms with Gasteiger partial charge in [0, 0.05) is 17.1 Å². The molecule has 3 aromatic rings. The highest BCUT2D eigenvalue weighted by Gasteiger charge is 2.12. The molecule has 3 nitrogen and oxygen atoms in total. The first kappa shape index (κ1) is 12.6. The molecule has 0 aliphatic rings. The lowest BCUT2D eigenvalue weighted by Gasteiger charge is -2.04. The first-order chi connectivity index (χ1) is 9.17. The molecule has 0 radical (unpaired) electrons. The van der Waals surface area contributed by atoms with E-state index < -0.39 is 0 Å². The highest BCUT2D eigenvalue weighted by molar-refractivity contribution is 7.11. The van der Waals surface area contributed by atoms with Crippen LogP contribution in [0.15, 0.2) is 24.4 Å². The summed E-state index contributed by atoms with van der Waals surface area (Å²) in [4.78, 5) is 9.87. The fraction of sp³-hybridized carbons (Fsp3) is 0.231. The second kappa shape index (κ2) is 4.90. The molecule has 3 rings (SSSR count). The lowest BCUT2D eigenvalue weighted by molar-refractivity contribution is 0.629. The number of imidazole rings is 1. The van der Waals surface area contributed by atoms with Crippen LogP contribution in [0.1, 0.15) is 15.7 Å². The number of aryl methyl sites for hydroxylation is 1. The van der Waals surface area contributed by atoms with Gasteiger partial charge < -0.3 is 4.57 Å². The van der Waals surface area contributed by atoms with E-state index in [0.29, 0.717) is 17.9 Å². The van der Waals surface area contributed by atoms with Gasteiger partial charge in [0.15, 0.2) is 0 Å². The molecule has 0 saturated carbocycles. The summed E-state index contributed by atoms with van der Waals surface area (Å²) in [7, 11) is 0. The summed E-state index contributed by atoms with van der Waals surface area (Å²) in [5.74, 6) is 0.735. The van der Waals surface area contributed by atoms with Crippen LogP contribution in [-0.2, 0) is 12.4 Å². The molecule has 0 saturated heterocycles. The molecule has 0 spiro atoms. The molecule has 0 N–H and O–H groups in total. The van der Waals surface area contributed by atoms with Crippen molar-refractivity contribution in [3.05, 3.63) is 45.9 Å². The molecule has 0 aliphatic heterocycles. The zero-order valence-electron chi connectivity index (χ0n) is 10.2. The normalized spacial score (nSPS) is 11.3. The van der Waals surface area contributed by atoms with Crippen molar-refractivity contribution in [1.29, 1.82) is 0 Å². The molecule has 0 amide bonds. The summed E-state index contributed by atoms with van der Waals surface area (Å²) in [6.45, 7) is 2.63. The van der Waals surface area contributed by atoms with Crippen LogP contribution in [0.5, 0.6) is 0 Å². The Balaban J connectivity index is 2.10. The van der Waals surface area contributed by atoms with Crippen molar-refractivity contribution in [2.75, 3.05) is 0 Å². The van der Waals surface area contributed by atoms with E-state index in [2.05, 4.69) is 9.97 Å². The Morgan fingerprint density at radius 3 is 2.95 bits per heavy atom. The largest absolute Gasteiger partial charge is 0.320 e. The first-order valence-electron chi connectivity index (χ1n) is 5.79. The SMILES string of the molecule is Cc1cnc(Cn2c(CCl)nc3cc(F)ccc32)s1. The summed E-state index contributed by atoms with van der Waals surface area (Å²) in [5.41, 5.74) is 1.51. The van der Waals surface area contributed by atoms with Crippen LogP contribution in [0.25, 0.3) is 11.0 Å². The quantitative estimate of drug-likeness (QED) is 0.689. The molecular formula is C13H11ClFN3S. The summed E-state index contributed by atoms with van der Waals surface area (Å²) in [6, 6.07) is 4.59. The maximum absolute atomic E-state index is 13.2. The van der Waals surface area contributed by atoms with E-state index in [0.717, 1.165) is 21.2 Å². The molecule has 1 aromatic carbocycles. The Bertz CT molecular complexity index is 735. The van der Waals surface area contributed by atoms with Crippen LogP contribution >= 0.6 is 22.9 Å². The minimum Gasteiger partial charge on any atom is -0.320 e. The monoisotopic (exact) mass is 295 g/mol. The lowest BCUT2D eigenvalue weighted by atomic mass is 10.3. The molecule has 0 fully saturated rings. The van der Waals surface area contributed by atoms with Crippen molar-refractivity contribution in [1.82, 2.24) is 14.5 Å². The molecule has 0 bridgehead atoms. The van der Waals surface area contributed by atoms with Gasteiger partial charge in [0.25, 0.3) is 0 Å². The number of nitrogens with zero attached hydrogens (tertiary/aromatic N) is 3. The number of hydrogen-bond donors (Lipinski definition) is 0. The van der Waals surface area contributed by atoms with E-state index in [1.165, 1.54) is 12.1 Å². The molecule has 0 aliphatic carbocycles. The van der Waals surface area contributed by atoms with Gasteiger partial charge in [-0.1, -0.05) is 0 Å². The van der Waals surface area contributed by atoms with Crippen LogP contribution in [0.4, 0.5) is 4.39 Å². The number of aromatic nitrogens is 3. The minimum absolute atomic E-state index is 0.289. The lowest BCUT2D eigenvalue weighted by Crippen LogP contribution is -2.03. The number of fused-ring (bicyclic) bond motifs is 1. The van der Waals surface area contributed by atoms with Gasteiger partial charge in [-0.05, 0) is 19.1 Å². The highest BCUT2D eigenvalue weighted by atomic mass is 35.5. The average molecular weight is 296 g/mol. The molecule has 2 aromatic heterocycles. The van der Waals surface area contributed by atoms with E-state index in [1.54, 1.807) is 17.4 Å². The van der Waals surface area contributed by atoms with E-state index in [4.69, 9.17) is 11.6 Å². The number of thiazole rings is 1. The second-order valence-corrected chi connectivity index (χ2v) is 5.83. The van der Waals surface area contributed by atoms with E-state index in [9.17, 15) is 4.39 Å². The van der Waals surface area contributed by atoms with Crippen molar-refractivity contribution in [2.45, 2.75) is 19.3 Å². The molecular weight excluding hydrogens is 285 g/mol. The van der Waals surface area contributed by atoms with Crippen molar-refractivity contribution in [3.63, 3.8) is 0 Å². The molecule has 6 heteroatoms. The zero-order chi connectivity index (χ0) is 13.4. The maximum atomic E-state index is 13.2. The average Bonchev–Trinajstić information content (AvgIpc) is 2.94. The van der Waals surface area contributed by atoms with Crippen molar-refractivity contribution in [2.24, 2.45) is 0 Å². The van der Waals surface area contributed by atoms with Crippen molar-refractivity contribution >= 4 is 34.0 Å². The molecule has 2 heterocycles. The van der Waals surface area contributed by atoms with Crippen LogP contribution in [0, 0.1) is 12.7 Å². The van der Waals surface area contributed by atoms with Crippen LogP contribution in [-0.4, -0.2) is 14.5 Å².